The molecule has 1 atom stereocenters. The van der Waals surface area contributed by atoms with Gasteiger partial charge in [-0.05, 0) is 28.4 Å². The van der Waals surface area contributed by atoms with Crippen molar-refractivity contribution in [1.82, 2.24) is 0 Å². The summed E-state index contributed by atoms with van der Waals surface area (Å²) in [6.07, 6.45) is 7.98. The fraction of sp³-hybridized carbons (Fsp3) is 0.477. The summed E-state index contributed by atoms with van der Waals surface area (Å²) in [6.45, 7) is 31.5. The van der Waals surface area contributed by atoms with Gasteiger partial charge in [0, 0.05) is 0 Å². The van der Waals surface area contributed by atoms with E-state index in [-0.39, 0.29) is 16.2 Å². The minimum Gasteiger partial charge on any atom is -0.266 e. The summed E-state index contributed by atoms with van der Waals surface area (Å²) in [5, 5.41) is 0. The van der Waals surface area contributed by atoms with Gasteiger partial charge in [0.2, 0.25) is 0 Å². The van der Waals surface area contributed by atoms with Crippen LogP contribution in [0.2, 0.25) is 0 Å². The minimum atomic E-state index is 0.167. The molecular formula is C44H58Zr. The average molecular weight is 678 g/mol. The van der Waals surface area contributed by atoms with Crippen LogP contribution in [0.25, 0.3) is 11.1 Å². The van der Waals surface area contributed by atoms with Crippen molar-refractivity contribution < 1.29 is 24.2 Å². The zero-order valence-corrected chi connectivity index (χ0v) is 33.3. The van der Waals surface area contributed by atoms with Gasteiger partial charge in [0.05, 0.1) is 0 Å². The van der Waals surface area contributed by atoms with Crippen LogP contribution in [0.15, 0.2) is 71.8 Å². The van der Waals surface area contributed by atoms with Crippen LogP contribution in [-0.4, -0.2) is 3.71 Å². The number of hydrogen-bond acceptors (Lipinski definition) is 0. The van der Waals surface area contributed by atoms with Gasteiger partial charge in [0.1, 0.15) is 0 Å². The van der Waals surface area contributed by atoms with Gasteiger partial charge >= 0.3 is 89.5 Å². The van der Waals surface area contributed by atoms with Gasteiger partial charge in [0.25, 0.3) is 0 Å². The Morgan fingerprint density at radius 3 is 1.73 bits per heavy atom. The van der Waals surface area contributed by atoms with Gasteiger partial charge in [-0.15, -0.1) is 11.1 Å². The molecule has 0 bridgehead atoms. The molecule has 0 spiro atoms. The SMILES string of the molecule is CC(C)(C)c1[c-]c2c(cc1)-c1ccc(C(C)(C)C)cc1C2.CC(C)(C)c1ccc([CH]=[Zr+2])cc1.CCC1=[C-]C(C)C=C1C(C)(C)C. The summed E-state index contributed by atoms with van der Waals surface area (Å²) in [5.74, 6) is 0.522. The van der Waals surface area contributed by atoms with E-state index in [9.17, 15) is 0 Å². The van der Waals surface area contributed by atoms with Crippen molar-refractivity contribution in [2.24, 2.45) is 11.3 Å². The monoisotopic (exact) mass is 676 g/mol. The molecule has 1 heteroatoms. The van der Waals surface area contributed by atoms with Crippen molar-refractivity contribution in [3.8, 4) is 11.1 Å². The summed E-state index contributed by atoms with van der Waals surface area (Å²) in [4.78, 5) is 0. The van der Waals surface area contributed by atoms with E-state index < -0.39 is 0 Å². The van der Waals surface area contributed by atoms with E-state index in [1.165, 1.54) is 79.9 Å². The van der Waals surface area contributed by atoms with E-state index in [2.05, 4.69) is 173 Å². The Kier molecular flexibility index (Phi) is 11.9. The van der Waals surface area contributed by atoms with Crippen molar-refractivity contribution in [3.63, 3.8) is 0 Å². The molecule has 0 heterocycles. The van der Waals surface area contributed by atoms with Gasteiger partial charge in [0.15, 0.2) is 0 Å². The smallest absolute Gasteiger partial charge is 0.0642 e. The van der Waals surface area contributed by atoms with Crippen LogP contribution >= 0.6 is 0 Å². The molecule has 238 valence electrons. The van der Waals surface area contributed by atoms with Crippen LogP contribution in [0.5, 0.6) is 0 Å². The Morgan fingerprint density at radius 1 is 0.711 bits per heavy atom. The van der Waals surface area contributed by atoms with Crippen molar-refractivity contribution in [2.45, 2.75) is 126 Å². The number of fused-ring (bicyclic) bond motifs is 3. The summed E-state index contributed by atoms with van der Waals surface area (Å²) in [6, 6.07) is 24.0. The number of benzene rings is 3. The van der Waals surface area contributed by atoms with Crippen molar-refractivity contribution in [2.75, 3.05) is 0 Å². The molecule has 0 saturated carbocycles. The number of hydrogen-bond donors (Lipinski definition) is 0. The molecule has 0 radical (unpaired) electrons. The first-order valence-corrected chi connectivity index (χ1v) is 18.2. The molecule has 0 amide bonds. The first kappa shape index (κ1) is 37.4. The van der Waals surface area contributed by atoms with Crippen molar-refractivity contribution >= 4 is 3.71 Å². The Balaban J connectivity index is 0.000000198. The van der Waals surface area contributed by atoms with Crippen LogP contribution in [0, 0.1) is 23.5 Å². The first-order chi connectivity index (χ1) is 20.6. The molecule has 0 saturated heterocycles. The Morgan fingerprint density at radius 2 is 1.27 bits per heavy atom. The quantitative estimate of drug-likeness (QED) is 0.185. The topological polar surface area (TPSA) is 0 Å². The van der Waals surface area contributed by atoms with Gasteiger partial charge < -0.3 is 0 Å². The van der Waals surface area contributed by atoms with E-state index in [0.29, 0.717) is 11.3 Å². The largest absolute Gasteiger partial charge is 0.266 e. The Hall–Kier alpha value is -2.11. The van der Waals surface area contributed by atoms with Crippen LogP contribution < -0.4 is 0 Å². The first-order valence-electron chi connectivity index (χ1n) is 16.8. The van der Waals surface area contributed by atoms with Gasteiger partial charge in [-0.1, -0.05) is 118 Å². The summed E-state index contributed by atoms with van der Waals surface area (Å²) in [5.41, 5.74) is 14.9. The van der Waals surface area contributed by atoms with Gasteiger partial charge in [-0.3, -0.25) is 6.08 Å². The van der Waals surface area contributed by atoms with Crippen molar-refractivity contribution in [1.29, 1.82) is 0 Å². The van der Waals surface area contributed by atoms with Crippen LogP contribution in [0.4, 0.5) is 0 Å². The molecule has 3 aromatic carbocycles. The average Bonchev–Trinajstić information content (AvgIpc) is 3.51. The maximum absolute atomic E-state index is 3.67. The second kappa shape index (κ2) is 14.3. The predicted octanol–water partition coefficient (Wildman–Crippen LogP) is 12.1. The fourth-order valence-electron chi connectivity index (χ4n) is 5.85. The molecule has 0 nitrogen and oxygen atoms in total. The predicted molar refractivity (Wildman–Crippen MR) is 195 cm³/mol. The zero-order chi connectivity index (χ0) is 34.0. The summed E-state index contributed by atoms with van der Waals surface area (Å²) < 4.78 is 2.21. The standard InChI is InChI=1S/C21H25.C12H19.C11H14.Zr/c1-20(2,3)16-7-9-18-14(12-16)11-15-13-17(21(4,5)6)8-10-19(15)18;1-6-10-7-9(2)8-11(10)12(3,4)5;1-9-5-7-10(8-6-9)11(2,3)4;/h7-10,12H,11H2,1-6H3;8-9H,6H2,1-5H3;1,5-8H,2-4H3;/q2*-1;;+2. The van der Waals surface area contributed by atoms with Gasteiger partial charge in [-0.25, -0.2) is 5.57 Å². The molecule has 45 heavy (non-hydrogen) atoms. The molecule has 2 aliphatic carbocycles. The molecule has 3 aromatic rings. The molecule has 0 fully saturated rings. The van der Waals surface area contributed by atoms with E-state index in [0.717, 1.165) is 12.8 Å². The third-order valence-electron chi connectivity index (χ3n) is 8.71. The molecule has 2 aliphatic rings. The van der Waals surface area contributed by atoms with E-state index in [1.54, 1.807) is 0 Å². The Bertz CT molecular complexity index is 1470. The van der Waals surface area contributed by atoms with Crippen molar-refractivity contribution in [3.05, 3.63) is 117 Å². The third-order valence-corrected chi connectivity index (χ3v) is 9.53. The zero-order valence-electron chi connectivity index (χ0n) is 30.8. The maximum Gasteiger partial charge on any atom is -0.0642 e. The Labute approximate surface area is 292 Å². The summed E-state index contributed by atoms with van der Waals surface area (Å²) >= 11 is 1.46. The van der Waals surface area contributed by atoms with E-state index >= 15 is 0 Å². The molecular weight excluding hydrogens is 620 g/mol. The van der Waals surface area contributed by atoms with E-state index in [1.807, 2.05) is 0 Å². The second-order valence-electron chi connectivity index (χ2n) is 16.9. The third kappa shape index (κ3) is 9.94. The summed E-state index contributed by atoms with van der Waals surface area (Å²) in [7, 11) is 0. The normalized spacial score (nSPS) is 16.0. The van der Waals surface area contributed by atoms with E-state index in [4.69, 9.17) is 0 Å². The second-order valence-corrected chi connectivity index (χ2v) is 17.6. The molecule has 5 rings (SSSR count). The molecule has 0 N–H and O–H groups in total. The fourth-order valence-corrected chi connectivity index (χ4v) is 6.32. The van der Waals surface area contributed by atoms with Gasteiger partial charge in [-0.2, -0.15) is 35.4 Å². The van der Waals surface area contributed by atoms with Crippen LogP contribution in [-0.2, 0) is 46.9 Å². The molecule has 0 aliphatic heterocycles. The molecule has 1 unspecified atom stereocenters. The number of rotatable bonds is 2. The molecule has 0 aromatic heterocycles. The maximum atomic E-state index is 3.67. The number of allylic oxidation sites excluding steroid dienone is 4. The van der Waals surface area contributed by atoms with Crippen LogP contribution in [0.3, 0.4) is 0 Å². The van der Waals surface area contributed by atoms with Crippen LogP contribution in [0.1, 0.15) is 137 Å². The minimum absolute atomic E-state index is 0.167.